The largest absolute Gasteiger partial charge is 0.480 e. The number of anilines is 1. The van der Waals surface area contributed by atoms with Crippen LogP contribution in [0.3, 0.4) is 0 Å². The summed E-state index contributed by atoms with van der Waals surface area (Å²) in [5.41, 5.74) is 0.764. The molecule has 0 aliphatic heterocycles. The molecule has 114 valence electrons. The van der Waals surface area contributed by atoms with Crippen molar-refractivity contribution in [1.82, 2.24) is 9.97 Å². The first-order valence-electron chi connectivity index (χ1n) is 6.87. The van der Waals surface area contributed by atoms with Gasteiger partial charge in [-0.1, -0.05) is 37.3 Å². The Hall–Kier alpha value is -3.45. The second kappa shape index (κ2) is 7.01. The number of nitriles is 2. The van der Waals surface area contributed by atoms with Crippen molar-refractivity contribution in [3.05, 3.63) is 41.7 Å². The van der Waals surface area contributed by atoms with E-state index >= 15 is 0 Å². The molecule has 0 aliphatic carbocycles. The zero-order chi connectivity index (χ0) is 16.8. The predicted octanol–water partition coefficient (Wildman–Crippen LogP) is 2.16. The number of nitrogens with zero attached hydrogens (tertiary/aromatic N) is 4. The van der Waals surface area contributed by atoms with Crippen LogP contribution in [0.25, 0.3) is 11.3 Å². The van der Waals surface area contributed by atoms with E-state index in [9.17, 15) is 9.90 Å². The molecule has 2 rings (SSSR count). The van der Waals surface area contributed by atoms with Crippen LogP contribution in [0.5, 0.6) is 0 Å². The smallest absolute Gasteiger partial charge is 0.326 e. The minimum Gasteiger partial charge on any atom is -0.480 e. The number of carboxylic acid groups (broad SMARTS) is 1. The van der Waals surface area contributed by atoms with E-state index in [0.717, 1.165) is 0 Å². The highest BCUT2D eigenvalue weighted by atomic mass is 16.4. The van der Waals surface area contributed by atoms with Crippen LogP contribution < -0.4 is 5.32 Å². The summed E-state index contributed by atoms with van der Waals surface area (Å²) in [6, 6.07) is 11.7. The molecule has 7 heteroatoms. The van der Waals surface area contributed by atoms with Gasteiger partial charge in [-0.25, -0.2) is 14.8 Å². The predicted molar refractivity (Wildman–Crippen MR) is 82.2 cm³/mol. The van der Waals surface area contributed by atoms with Crippen molar-refractivity contribution in [2.24, 2.45) is 0 Å². The van der Waals surface area contributed by atoms with E-state index in [4.69, 9.17) is 10.5 Å². The van der Waals surface area contributed by atoms with Crippen LogP contribution in [0, 0.1) is 22.7 Å². The zero-order valence-electron chi connectivity index (χ0n) is 12.3. The Morgan fingerprint density at radius 1 is 1.22 bits per heavy atom. The number of carboxylic acids is 1. The van der Waals surface area contributed by atoms with Gasteiger partial charge in [0.15, 0.2) is 17.2 Å². The third-order valence-corrected chi connectivity index (χ3v) is 3.17. The first-order chi connectivity index (χ1) is 11.1. The minimum absolute atomic E-state index is 0.0970. The fourth-order valence-corrected chi connectivity index (χ4v) is 1.99. The molecule has 1 aromatic heterocycles. The third kappa shape index (κ3) is 3.42. The second-order valence-corrected chi connectivity index (χ2v) is 4.65. The van der Waals surface area contributed by atoms with Crippen LogP contribution >= 0.6 is 0 Å². The van der Waals surface area contributed by atoms with Gasteiger partial charge in [-0.3, -0.25) is 0 Å². The van der Waals surface area contributed by atoms with Gasteiger partial charge in [-0.05, 0) is 6.42 Å². The Kier molecular flexibility index (Phi) is 4.85. The molecule has 0 fully saturated rings. The SMILES string of the molecule is CCC(Nc1nc(C#N)c(C#N)nc1-c1ccccc1)C(=O)O. The molecule has 0 radical (unpaired) electrons. The van der Waals surface area contributed by atoms with Gasteiger partial charge in [0.05, 0.1) is 0 Å². The molecule has 2 aromatic rings. The lowest BCUT2D eigenvalue weighted by Crippen LogP contribution is -2.29. The molecule has 23 heavy (non-hydrogen) atoms. The summed E-state index contributed by atoms with van der Waals surface area (Å²) in [7, 11) is 0. The van der Waals surface area contributed by atoms with E-state index in [-0.39, 0.29) is 17.2 Å². The summed E-state index contributed by atoms with van der Waals surface area (Å²) in [4.78, 5) is 19.5. The average molecular weight is 307 g/mol. The molecule has 0 saturated heterocycles. The highest BCUT2D eigenvalue weighted by molar-refractivity contribution is 5.80. The van der Waals surface area contributed by atoms with Gasteiger partial charge in [0.1, 0.15) is 23.9 Å². The maximum Gasteiger partial charge on any atom is 0.326 e. The molecule has 0 saturated carbocycles. The maximum absolute atomic E-state index is 11.2. The zero-order valence-corrected chi connectivity index (χ0v) is 12.3. The summed E-state index contributed by atoms with van der Waals surface area (Å²) in [5.74, 6) is -0.864. The van der Waals surface area contributed by atoms with Crippen molar-refractivity contribution in [1.29, 1.82) is 10.5 Å². The molecule has 0 amide bonds. The van der Waals surface area contributed by atoms with Crippen molar-refractivity contribution >= 4 is 11.8 Å². The third-order valence-electron chi connectivity index (χ3n) is 3.17. The Morgan fingerprint density at radius 2 is 1.83 bits per heavy atom. The molecule has 7 nitrogen and oxygen atoms in total. The molecular formula is C16H13N5O2. The highest BCUT2D eigenvalue weighted by Crippen LogP contribution is 2.26. The lowest BCUT2D eigenvalue weighted by Gasteiger charge is -2.16. The van der Waals surface area contributed by atoms with E-state index in [2.05, 4.69) is 15.3 Å². The van der Waals surface area contributed by atoms with Gasteiger partial charge < -0.3 is 10.4 Å². The molecule has 1 aromatic carbocycles. The van der Waals surface area contributed by atoms with E-state index in [1.165, 1.54) is 0 Å². The van der Waals surface area contributed by atoms with Gasteiger partial charge in [-0.15, -0.1) is 0 Å². The van der Waals surface area contributed by atoms with E-state index in [1.807, 2.05) is 12.1 Å². The molecule has 1 atom stereocenters. The van der Waals surface area contributed by atoms with Gasteiger partial charge in [0.25, 0.3) is 0 Å². The number of aromatic nitrogens is 2. The second-order valence-electron chi connectivity index (χ2n) is 4.65. The van der Waals surface area contributed by atoms with Crippen LogP contribution in [0.4, 0.5) is 5.82 Å². The number of nitrogens with one attached hydrogen (secondary N) is 1. The number of carbonyl (C=O) groups is 1. The quantitative estimate of drug-likeness (QED) is 0.867. The topological polar surface area (TPSA) is 123 Å². The molecule has 0 spiro atoms. The number of hydrogen-bond donors (Lipinski definition) is 2. The van der Waals surface area contributed by atoms with E-state index < -0.39 is 12.0 Å². The van der Waals surface area contributed by atoms with Crippen molar-refractivity contribution < 1.29 is 9.90 Å². The summed E-state index contributed by atoms with van der Waals surface area (Å²) in [6.45, 7) is 1.72. The average Bonchev–Trinajstić information content (AvgIpc) is 2.59. The van der Waals surface area contributed by atoms with E-state index in [0.29, 0.717) is 17.7 Å². The Morgan fingerprint density at radius 3 is 2.35 bits per heavy atom. The van der Waals surface area contributed by atoms with E-state index in [1.54, 1.807) is 37.3 Å². The number of hydrogen-bond acceptors (Lipinski definition) is 6. The first kappa shape index (κ1) is 15.9. The van der Waals surface area contributed by atoms with Crippen LogP contribution in [0.2, 0.25) is 0 Å². The fraction of sp³-hybridized carbons (Fsp3) is 0.188. The van der Waals surface area contributed by atoms with Crippen molar-refractivity contribution in [3.63, 3.8) is 0 Å². The van der Waals surface area contributed by atoms with Gasteiger partial charge in [-0.2, -0.15) is 10.5 Å². The van der Waals surface area contributed by atoms with Gasteiger partial charge >= 0.3 is 5.97 Å². The van der Waals surface area contributed by atoms with Crippen molar-refractivity contribution in [2.75, 3.05) is 5.32 Å². The Balaban J connectivity index is 2.61. The lowest BCUT2D eigenvalue weighted by molar-refractivity contribution is -0.137. The Bertz CT molecular complexity index is 806. The summed E-state index contributed by atoms with van der Waals surface area (Å²) in [6.07, 6.45) is 0.327. The molecule has 1 unspecified atom stereocenters. The van der Waals surface area contributed by atoms with Crippen LogP contribution in [0.15, 0.2) is 30.3 Å². The normalized spacial score (nSPS) is 11.1. The number of rotatable bonds is 5. The van der Waals surface area contributed by atoms with Gasteiger partial charge in [0.2, 0.25) is 0 Å². The number of aliphatic carboxylic acids is 1. The first-order valence-corrected chi connectivity index (χ1v) is 6.87. The molecule has 0 bridgehead atoms. The van der Waals surface area contributed by atoms with Crippen LogP contribution in [0.1, 0.15) is 24.7 Å². The molecular weight excluding hydrogens is 294 g/mol. The van der Waals surface area contributed by atoms with Crippen molar-refractivity contribution in [3.8, 4) is 23.4 Å². The highest BCUT2D eigenvalue weighted by Gasteiger charge is 2.20. The van der Waals surface area contributed by atoms with Gasteiger partial charge in [0, 0.05) is 5.56 Å². The van der Waals surface area contributed by atoms with Crippen LogP contribution in [-0.4, -0.2) is 27.1 Å². The molecule has 0 aliphatic rings. The fourth-order valence-electron chi connectivity index (χ4n) is 1.99. The molecule has 1 heterocycles. The maximum atomic E-state index is 11.2. The number of benzene rings is 1. The molecule has 2 N–H and O–H groups in total. The Labute approximate surface area is 132 Å². The summed E-state index contributed by atoms with van der Waals surface area (Å²) in [5, 5.41) is 30.2. The summed E-state index contributed by atoms with van der Waals surface area (Å²) >= 11 is 0. The lowest BCUT2D eigenvalue weighted by atomic mass is 10.1. The standard InChI is InChI=1S/C16H13N5O2/c1-2-11(16(22)23)20-15-14(10-6-4-3-5-7-10)19-12(8-17)13(9-18)21-15/h3-7,11H,2H2,1H3,(H,20,21)(H,22,23). The minimum atomic E-state index is -1.03. The summed E-state index contributed by atoms with van der Waals surface area (Å²) < 4.78 is 0. The van der Waals surface area contributed by atoms with Crippen molar-refractivity contribution in [2.45, 2.75) is 19.4 Å². The monoisotopic (exact) mass is 307 g/mol. The van der Waals surface area contributed by atoms with Crippen LogP contribution in [-0.2, 0) is 4.79 Å².